The third kappa shape index (κ3) is 5.21. The van der Waals surface area contributed by atoms with Crippen molar-refractivity contribution in [2.45, 2.75) is 46.6 Å². The highest BCUT2D eigenvalue weighted by Crippen LogP contribution is 2.13. The number of carbonyl (C=O) groups excluding carboxylic acids is 1. The van der Waals surface area contributed by atoms with Crippen molar-refractivity contribution in [1.29, 1.82) is 0 Å². The molecule has 3 atom stereocenters. The fraction of sp³-hybridized carbons (Fsp3) is 0.529. The molecule has 1 amide bonds. The van der Waals surface area contributed by atoms with Crippen LogP contribution in [0.3, 0.4) is 0 Å². The zero-order chi connectivity index (χ0) is 16.0. The molecule has 0 bridgehead atoms. The van der Waals surface area contributed by atoms with Gasteiger partial charge in [-0.2, -0.15) is 0 Å². The quantitative estimate of drug-likeness (QED) is 0.812. The fourth-order valence-electron chi connectivity index (χ4n) is 2.15. The second kappa shape index (κ2) is 7.81. The summed E-state index contributed by atoms with van der Waals surface area (Å²) in [5.41, 5.74) is 2.26. The van der Waals surface area contributed by atoms with Gasteiger partial charge in [0.15, 0.2) is 0 Å². The lowest BCUT2D eigenvalue weighted by Crippen LogP contribution is -2.47. The van der Waals surface area contributed by atoms with Gasteiger partial charge >= 0.3 is 5.97 Å². The third-order valence-electron chi connectivity index (χ3n) is 3.89. The number of nitrogens with one attached hydrogen (secondary N) is 1. The normalized spacial score (nSPS) is 15.0. The minimum absolute atomic E-state index is 0.0852. The van der Waals surface area contributed by atoms with Crippen LogP contribution in [0, 0.1) is 18.8 Å². The third-order valence-corrected chi connectivity index (χ3v) is 3.89. The molecule has 0 aromatic heterocycles. The standard InChI is InChI=1S/C17H25NO3/c1-5-12(3)15(17(20)21)18-16(19)13(4)10-14-8-6-11(2)7-9-14/h6-9,12-13,15H,5,10H2,1-4H3,(H,18,19)(H,20,21). The zero-order valence-electron chi connectivity index (χ0n) is 13.2. The number of benzene rings is 1. The van der Waals surface area contributed by atoms with Crippen molar-refractivity contribution in [1.82, 2.24) is 5.32 Å². The van der Waals surface area contributed by atoms with Crippen LogP contribution in [0.4, 0.5) is 0 Å². The Morgan fingerprint density at radius 1 is 1.19 bits per heavy atom. The Balaban J connectivity index is 2.64. The zero-order valence-corrected chi connectivity index (χ0v) is 13.2. The van der Waals surface area contributed by atoms with Crippen molar-refractivity contribution in [3.8, 4) is 0 Å². The Kier molecular flexibility index (Phi) is 6.40. The first kappa shape index (κ1) is 17.2. The topological polar surface area (TPSA) is 66.4 Å². The van der Waals surface area contributed by atoms with Crippen LogP contribution in [-0.4, -0.2) is 23.0 Å². The van der Waals surface area contributed by atoms with Gasteiger partial charge in [-0.1, -0.05) is 57.0 Å². The van der Waals surface area contributed by atoms with E-state index in [4.69, 9.17) is 0 Å². The number of amides is 1. The predicted octanol–water partition coefficient (Wildman–Crippen LogP) is 2.79. The largest absolute Gasteiger partial charge is 0.480 e. The molecule has 1 aromatic carbocycles. The number of carboxylic acid groups (broad SMARTS) is 1. The van der Waals surface area contributed by atoms with E-state index in [0.29, 0.717) is 12.8 Å². The number of carbonyl (C=O) groups is 2. The monoisotopic (exact) mass is 291 g/mol. The SMILES string of the molecule is CCC(C)C(NC(=O)C(C)Cc1ccc(C)cc1)C(=O)O. The molecule has 0 aliphatic heterocycles. The molecule has 1 aromatic rings. The Labute approximate surface area is 126 Å². The van der Waals surface area contributed by atoms with Gasteiger partial charge in [0.2, 0.25) is 5.91 Å². The van der Waals surface area contributed by atoms with Crippen molar-refractivity contribution in [2.24, 2.45) is 11.8 Å². The Bertz CT molecular complexity index is 481. The van der Waals surface area contributed by atoms with E-state index in [0.717, 1.165) is 5.56 Å². The Morgan fingerprint density at radius 3 is 2.24 bits per heavy atom. The Morgan fingerprint density at radius 2 is 1.76 bits per heavy atom. The molecule has 4 heteroatoms. The van der Waals surface area contributed by atoms with Crippen molar-refractivity contribution in [3.05, 3.63) is 35.4 Å². The molecule has 2 N–H and O–H groups in total. The van der Waals surface area contributed by atoms with E-state index in [1.165, 1.54) is 5.56 Å². The van der Waals surface area contributed by atoms with Crippen molar-refractivity contribution >= 4 is 11.9 Å². The van der Waals surface area contributed by atoms with Crippen LogP contribution in [0.15, 0.2) is 24.3 Å². The molecule has 0 saturated carbocycles. The maximum atomic E-state index is 12.2. The van der Waals surface area contributed by atoms with Crippen LogP contribution in [0.1, 0.15) is 38.3 Å². The molecule has 0 radical (unpaired) electrons. The van der Waals surface area contributed by atoms with Gasteiger partial charge in [-0.3, -0.25) is 4.79 Å². The minimum atomic E-state index is -0.972. The van der Waals surface area contributed by atoms with Gasteiger partial charge in [0, 0.05) is 5.92 Å². The first-order chi connectivity index (χ1) is 9.85. The van der Waals surface area contributed by atoms with Gasteiger partial charge in [0.1, 0.15) is 6.04 Å². The molecule has 116 valence electrons. The van der Waals surface area contributed by atoms with Crippen LogP contribution in [0.25, 0.3) is 0 Å². The van der Waals surface area contributed by atoms with Gasteiger partial charge in [-0.05, 0) is 24.8 Å². The number of aliphatic carboxylic acids is 1. The van der Waals surface area contributed by atoms with Crippen LogP contribution in [0.5, 0.6) is 0 Å². The molecule has 0 spiro atoms. The van der Waals surface area contributed by atoms with Crippen LogP contribution in [-0.2, 0) is 16.0 Å². The second-order valence-corrected chi connectivity index (χ2v) is 5.80. The summed E-state index contributed by atoms with van der Waals surface area (Å²) < 4.78 is 0. The fourth-order valence-corrected chi connectivity index (χ4v) is 2.15. The lowest BCUT2D eigenvalue weighted by atomic mass is 9.96. The molecule has 0 aliphatic rings. The number of aryl methyl sites for hydroxylation is 1. The highest BCUT2D eigenvalue weighted by Gasteiger charge is 2.27. The van der Waals surface area contributed by atoms with Crippen molar-refractivity contribution < 1.29 is 14.7 Å². The maximum absolute atomic E-state index is 12.2. The lowest BCUT2D eigenvalue weighted by molar-refractivity contribution is -0.143. The smallest absolute Gasteiger partial charge is 0.326 e. The summed E-state index contributed by atoms with van der Waals surface area (Å²) in [6.45, 7) is 7.60. The van der Waals surface area contributed by atoms with Crippen LogP contribution < -0.4 is 5.32 Å². The second-order valence-electron chi connectivity index (χ2n) is 5.80. The van der Waals surface area contributed by atoms with Gasteiger partial charge < -0.3 is 10.4 Å². The van der Waals surface area contributed by atoms with E-state index in [1.807, 2.05) is 52.0 Å². The molecule has 21 heavy (non-hydrogen) atoms. The number of hydrogen-bond donors (Lipinski definition) is 2. The van der Waals surface area contributed by atoms with Gasteiger partial charge in [-0.25, -0.2) is 4.79 Å². The number of hydrogen-bond acceptors (Lipinski definition) is 2. The van der Waals surface area contributed by atoms with Crippen molar-refractivity contribution in [3.63, 3.8) is 0 Å². The molecular formula is C17H25NO3. The highest BCUT2D eigenvalue weighted by atomic mass is 16.4. The molecule has 0 fully saturated rings. The van der Waals surface area contributed by atoms with E-state index in [2.05, 4.69) is 5.32 Å². The lowest BCUT2D eigenvalue weighted by Gasteiger charge is -2.22. The molecular weight excluding hydrogens is 266 g/mol. The molecule has 0 aliphatic carbocycles. The van der Waals surface area contributed by atoms with E-state index in [9.17, 15) is 14.7 Å². The van der Waals surface area contributed by atoms with E-state index >= 15 is 0 Å². The maximum Gasteiger partial charge on any atom is 0.326 e. The summed E-state index contributed by atoms with van der Waals surface area (Å²) in [7, 11) is 0. The van der Waals surface area contributed by atoms with Gasteiger partial charge in [0.05, 0.1) is 0 Å². The summed E-state index contributed by atoms with van der Waals surface area (Å²) in [5, 5.41) is 11.9. The summed E-state index contributed by atoms with van der Waals surface area (Å²) in [4.78, 5) is 23.4. The molecule has 1 rings (SSSR count). The first-order valence-corrected chi connectivity index (χ1v) is 7.43. The summed E-state index contributed by atoms with van der Waals surface area (Å²) in [6, 6.07) is 7.21. The van der Waals surface area contributed by atoms with Crippen LogP contribution >= 0.6 is 0 Å². The molecule has 0 saturated heterocycles. The predicted molar refractivity (Wildman–Crippen MR) is 83.1 cm³/mol. The van der Waals surface area contributed by atoms with Gasteiger partial charge in [-0.15, -0.1) is 0 Å². The number of carboxylic acids is 1. The molecule has 4 nitrogen and oxygen atoms in total. The van der Waals surface area contributed by atoms with E-state index in [1.54, 1.807) is 0 Å². The van der Waals surface area contributed by atoms with E-state index in [-0.39, 0.29) is 17.7 Å². The van der Waals surface area contributed by atoms with Gasteiger partial charge in [0.25, 0.3) is 0 Å². The first-order valence-electron chi connectivity index (χ1n) is 7.43. The highest BCUT2D eigenvalue weighted by molar-refractivity contribution is 5.85. The summed E-state index contributed by atoms with van der Waals surface area (Å²) >= 11 is 0. The minimum Gasteiger partial charge on any atom is -0.480 e. The van der Waals surface area contributed by atoms with Crippen LogP contribution in [0.2, 0.25) is 0 Å². The van der Waals surface area contributed by atoms with E-state index < -0.39 is 12.0 Å². The number of rotatable bonds is 7. The summed E-state index contributed by atoms with van der Waals surface area (Å²) in [6.07, 6.45) is 1.32. The average Bonchev–Trinajstić information content (AvgIpc) is 2.45. The average molecular weight is 291 g/mol. The Hall–Kier alpha value is -1.84. The molecule has 0 heterocycles. The molecule has 3 unspecified atom stereocenters. The summed E-state index contributed by atoms with van der Waals surface area (Å²) in [5.74, 6) is -1.51. The van der Waals surface area contributed by atoms with Crippen molar-refractivity contribution in [2.75, 3.05) is 0 Å².